The van der Waals surface area contributed by atoms with Crippen molar-refractivity contribution in [3.8, 4) is 0 Å². The molecule has 0 aromatic carbocycles. The maximum absolute atomic E-state index is 5.09. The van der Waals surface area contributed by atoms with Crippen molar-refractivity contribution in [2.45, 2.75) is 51.5 Å². The quantitative estimate of drug-likeness (QED) is 0.426. The van der Waals surface area contributed by atoms with Gasteiger partial charge in [-0.3, -0.25) is 0 Å². The van der Waals surface area contributed by atoms with Gasteiger partial charge in [-0.15, -0.1) is 11.8 Å². The van der Waals surface area contributed by atoms with Gasteiger partial charge >= 0.3 is 0 Å². The number of rotatable bonds is 9. The summed E-state index contributed by atoms with van der Waals surface area (Å²) < 4.78 is 5.09. The van der Waals surface area contributed by atoms with E-state index in [4.69, 9.17) is 9.72 Å². The lowest BCUT2D eigenvalue weighted by molar-refractivity contribution is 0.200. The molecule has 0 aliphatic rings. The van der Waals surface area contributed by atoms with Crippen LogP contribution in [0.1, 0.15) is 50.9 Å². The molecule has 0 aliphatic heterocycles. The number of nitrogens with zero attached hydrogens (tertiary/aromatic N) is 2. The number of methoxy groups -OCH3 is 1. The van der Waals surface area contributed by atoms with Gasteiger partial charge in [-0.2, -0.15) is 0 Å². The predicted octanol–water partition coefficient (Wildman–Crippen LogP) is 3.86. The third kappa shape index (κ3) is 5.29. The normalized spacial score (nSPS) is 11.1. The summed E-state index contributed by atoms with van der Waals surface area (Å²) in [7, 11) is 1.74. The van der Waals surface area contributed by atoms with Crippen molar-refractivity contribution in [1.82, 2.24) is 9.97 Å². The van der Waals surface area contributed by atoms with Gasteiger partial charge < -0.3 is 10.1 Å². The summed E-state index contributed by atoms with van der Waals surface area (Å²) >= 11 is 1.80. The maximum atomic E-state index is 5.09. The smallest absolute Gasteiger partial charge is 0.134 e. The first-order valence-electron chi connectivity index (χ1n) is 7.34. The Morgan fingerprint density at radius 2 is 2.05 bits per heavy atom. The first kappa shape index (κ1) is 17.2. The van der Waals surface area contributed by atoms with Crippen LogP contribution in [0.15, 0.2) is 5.03 Å². The van der Waals surface area contributed by atoms with E-state index in [-0.39, 0.29) is 0 Å². The molecule has 0 atom stereocenters. The fourth-order valence-corrected chi connectivity index (χ4v) is 2.63. The minimum absolute atomic E-state index is 0.344. The number of nitrogens with one attached hydrogen (secondary N) is 1. The molecule has 5 heteroatoms. The highest BCUT2D eigenvalue weighted by molar-refractivity contribution is 7.99. The Morgan fingerprint density at radius 1 is 1.30 bits per heavy atom. The molecule has 0 fully saturated rings. The minimum atomic E-state index is 0.344. The summed E-state index contributed by atoms with van der Waals surface area (Å²) in [4.78, 5) is 9.36. The summed E-state index contributed by atoms with van der Waals surface area (Å²) in [5.41, 5.74) is 1.16. The van der Waals surface area contributed by atoms with Crippen LogP contribution in [-0.2, 0) is 4.74 Å². The second-order valence-corrected chi connectivity index (χ2v) is 6.22. The first-order valence-corrected chi connectivity index (χ1v) is 8.32. The highest BCUT2D eigenvalue weighted by atomic mass is 32.2. The molecule has 0 saturated heterocycles. The van der Waals surface area contributed by atoms with Crippen LogP contribution in [0.5, 0.6) is 0 Å². The summed E-state index contributed by atoms with van der Waals surface area (Å²) in [6, 6.07) is 0. The molecular formula is C15H27N3OS. The van der Waals surface area contributed by atoms with Crippen molar-refractivity contribution >= 4 is 17.6 Å². The molecule has 1 aromatic rings. The van der Waals surface area contributed by atoms with Crippen molar-refractivity contribution in [3.05, 3.63) is 11.4 Å². The van der Waals surface area contributed by atoms with Gasteiger partial charge in [-0.05, 0) is 19.8 Å². The molecule has 0 bridgehead atoms. The lowest BCUT2D eigenvalue weighted by Crippen LogP contribution is -2.09. The largest absolute Gasteiger partial charge is 0.385 e. The van der Waals surface area contributed by atoms with E-state index < -0.39 is 0 Å². The Labute approximate surface area is 127 Å². The Bertz CT molecular complexity index is 410. The molecule has 114 valence electrons. The Hall–Kier alpha value is -0.810. The van der Waals surface area contributed by atoms with E-state index in [0.717, 1.165) is 54.0 Å². The van der Waals surface area contributed by atoms with E-state index in [2.05, 4.69) is 38.0 Å². The first-order chi connectivity index (χ1) is 9.60. The third-order valence-electron chi connectivity index (χ3n) is 2.91. The van der Waals surface area contributed by atoms with E-state index in [0.29, 0.717) is 5.92 Å². The zero-order valence-corrected chi connectivity index (χ0v) is 14.1. The summed E-state index contributed by atoms with van der Waals surface area (Å²) in [6.45, 7) is 10.3. The number of hydrogen-bond donors (Lipinski definition) is 1. The van der Waals surface area contributed by atoms with Gasteiger partial charge in [-0.1, -0.05) is 20.8 Å². The molecule has 4 nitrogen and oxygen atoms in total. The third-order valence-corrected chi connectivity index (χ3v) is 4.07. The molecule has 0 amide bonds. The number of aromatic nitrogens is 2. The van der Waals surface area contributed by atoms with E-state index in [1.807, 2.05) is 0 Å². The average molecular weight is 297 g/mol. The van der Waals surface area contributed by atoms with E-state index in [9.17, 15) is 0 Å². The Balaban J connectivity index is 2.86. The Kier molecular flexibility index (Phi) is 7.92. The number of anilines is 1. The van der Waals surface area contributed by atoms with Crippen molar-refractivity contribution in [1.29, 1.82) is 0 Å². The van der Waals surface area contributed by atoms with Gasteiger partial charge in [0.1, 0.15) is 16.7 Å². The molecule has 1 heterocycles. The second kappa shape index (κ2) is 9.19. The number of hydrogen-bond acceptors (Lipinski definition) is 5. The highest BCUT2D eigenvalue weighted by Crippen LogP contribution is 2.27. The van der Waals surface area contributed by atoms with Crippen molar-refractivity contribution in [3.63, 3.8) is 0 Å². The molecular weight excluding hydrogens is 270 g/mol. The lowest BCUT2D eigenvalue weighted by atomic mass is 10.2. The molecule has 1 rings (SSSR count). The van der Waals surface area contributed by atoms with Gasteiger partial charge in [0.2, 0.25) is 0 Å². The predicted molar refractivity (Wildman–Crippen MR) is 86.9 cm³/mol. The molecule has 20 heavy (non-hydrogen) atoms. The Morgan fingerprint density at radius 3 is 2.65 bits per heavy atom. The minimum Gasteiger partial charge on any atom is -0.385 e. The molecule has 0 radical (unpaired) electrons. The molecule has 1 N–H and O–H groups in total. The molecule has 0 unspecified atom stereocenters. The van der Waals surface area contributed by atoms with Crippen LogP contribution in [0.3, 0.4) is 0 Å². The SMILES string of the molecule is CCCNc1nc(C(C)C)nc(SCCCOC)c1C. The van der Waals surface area contributed by atoms with Crippen LogP contribution in [0.2, 0.25) is 0 Å². The average Bonchev–Trinajstić information content (AvgIpc) is 2.43. The van der Waals surface area contributed by atoms with Crippen molar-refractivity contribution < 1.29 is 4.74 Å². The van der Waals surface area contributed by atoms with Crippen LogP contribution in [0, 0.1) is 6.92 Å². The number of thioether (sulfide) groups is 1. The standard InChI is InChI=1S/C15H27N3OS/c1-6-8-16-14-12(4)15(20-10-7-9-19-5)18-13(17-14)11(2)3/h11H,6-10H2,1-5H3,(H,16,17,18). The van der Waals surface area contributed by atoms with Crippen LogP contribution < -0.4 is 5.32 Å². The zero-order valence-electron chi connectivity index (χ0n) is 13.3. The molecule has 0 aliphatic carbocycles. The van der Waals surface area contributed by atoms with Crippen LogP contribution in [0.4, 0.5) is 5.82 Å². The molecule has 1 aromatic heterocycles. The van der Waals surface area contributed by atoms with E-state index in [1.54, 1.807) is 18.9 Å². The van der Waals surface area contributed by atoms with Gasteiger partial charge in [0.05, 0.1) is 0 Å². The van der Waals surface area contributed by atoms with Crippen molar-refractivity contribution in [2.75, 3.05) is 31.3 Å². The summed E-state index contributed by atoms with van der Waals surface area (Å²) in [5, 5.41) is 4.51. The van der Waals surface area contributed by atoms with Gasteiger partial charge in [0, 0.05) is 37.5 Å². The van der Waals surface area contributed by atoms with E-state index in [1.165, 1.54) is 0 Å². The second-order valence-electron chi connectivity index (χ2n) is 5.14. The number of ether oxygens (including phenoxy) is 1. The van der Waals surface area contributed by atoms with Crippen LogP contribution in [-0.4, -0.2) is 36.0 Å². The lowest BCUT2D eigenvalue weighted by Gasteiger charge is -2.14. The van der Waals surface area contributed by atoms with Crippen LogP contribution >= 0.6 is 11.8 Å². The summed E-state index contributed by atoms with van der Waals surface area (Å²) in [6.07, 6.45) is 2.14. The maximum Gasteiger partial charge on any atom is 0.134 e. The fraction of sp³-hybridized carbons (Fsp3) is 0.733. The van der Waals surface area contributed by atoms with Gasteiger partial charge in [-0.25, -0.2) is 9.97 Å². The van der Waals surface area contributed by atoms with Crippen LogP contribution in [0.25, 0.3) is 0 Å². The topological polar surface area (TPSA) is 47.0 Å². The highest BCUT2D eigenvalue weighted by Gasteiger charge is 2.13. The monoisotopic (exact) mass is 297 g/mol. The fourth-order valence-electron chi connectivity index (χ4n) is 1.70. The zero-order chi connectivity index (χ0) is 15.0. The molecule has 0 saturated carbocycles. The summed E-state index contributed by atoms with van der Waals surface area (Å²) in [5.74, 6) is 3.27. The van der Waals surface area contributed by atoms with Gasteiger partial charge in [0.15, 0.2) is 0 Å². The van der Waals surface area contributed by atoms with Crippen molar-refractivity contribution in [2.24, 2.45) is 0 Å². The van der Waals surface area contributed by atoms with E-state index >= 15 is 0 Å². The van der Waals surface area contributed by atoms with Gasteiger partial charge in [0.25, 0.3) is 0 Å². The molecule has 0 spiro atoms.